The van der Waals surface area contributed by atoms with Crippen molar-refractivity contribution in [1.29, 1.82) is 0 Å². The van der Waals surface area contributed by atoms with Gasteiger partial charge in [0.25, 0.3) is 5.91 Å². The number of anilines is 1. The van der Waals surface area contributed by atoms with Crippen molar-refractivity contribution in [3.8, 4) is 0 Å². The van der Waals surface area contributed by atoms with E-state index in [0.29, 0.717) is 33.8 Å². The number of fused-ring (bicyclic) bond motifs is 4. The lowest BCUT2D eigenvalue weighted by molar-refractivity contribution is -0.143. The highest BCUT2D eigenvalue weighted by molar-refractivity contribution is 6.37. The van der Waals surface area contributed by atoms with E-state index < -0.39 is 18.7 Å². The fourth-order valence-electron chi connectivity index (χ4n) is 5.77. The number of halogens is 2. The molecule has 0 spiro atoms. The van der Waals surface area contributed by atoms with Crippen molar-refractivity contribution in [3.63, 3.8) is 0 Å². The van der Waals surface area contributed by atoms with Crippen LogP contribution >= 0.6 is 23.2 Å². The number of carbonyl (C=O) groups is 3. The van der Waals surface area contributed by atoms with Gasteiger partial charge in [0.05, 0.1) is 10.6 Å². The van der Waals surface area contributed by atoms with Gasteiger partial charge in [0.1, 0.15) is 12.7 Å². The molecule has 0 aromatic heterocycles. The number of aliphatic carboxylic acids is 1. The molecule has 1 atom stereocenters. The minimum absolute atomic E-state index is 0.0854. The van der Waals surface area contributed by atoms with Crippen molar-refractivity contribution < 1.29 is 24.2 Å². The van der Waals surface area contributed by atoms with E-state index in [1.54, 1.807) is 36.4 Å². The summed E-state index contributed by atoms with van der Waals surface area (Å²) in [6.45, 7) is -0.422. The monoisotopic (exact) mass is 597 g/mol. The zero-order valence-electron chi connectivity index (χ0n) is 22.3. The Hall–Kier alpha value is -4.23. The lowest BCUT2D eigenvalue weighted by Gasteiger charge is -2.25. The second-order valence-corrected chi connectivity index (χ2v) is 11.1. The first-order valence-corrected chi connectivity index (χ1v) is 14.3. The molecule has 4 aromatic rings. The number of Topliss-reactive ketones (excluding diaryl/α,β-unsaturated/α-hetero) is 1. The van der Waals surface area contributed by atoms with E-state index in [1.165, 1.54) is 6.07 Å². The molecule has 1 unspecified atom stereocenters. The normalized spacial score (nSPS) is 15.1. The summed E-state index contributed by atoms with van der Waals surface area (Å²) in [7, 11) is 0. The fraction of sp³-hybridized carbons (Fsp3) is 0.147. The number of rotatable bonds is 7. The van der Waals surface area contributed by atoms with Gasteiger partial charge in [-0.2, -0.15) is 0 Å². The van der Waals surface area contributed by atoms with E-state index in [-0.39, 0.29) is 16.7 Å². The van der Waals surface area contributed by atoms with Crippen LogP contribution in [0.5, 0.6) is 0 Å². The summed E-state index contributed by atoms with van der Waals surface area (Å²) >= 11 is 12.1. The highest BCUT2D eigenvalue weighted by Gasteiger charge is 2.25. The van der Waals surface area contributed by atoms with E-state index in [0.717, 1.165) is 44.8 Å². The maximum absolute atomic E-state index is 13.8. The van der Waals surface area contributed by atoms with Gasteiger partial charge < -0.3 is 15.2 Å². The largest absolute Gasteiger partial charge is 0.480 e. The molecular weight excluding hydrogens is 573 g/mol. The Labute approximate surface area is 251 Å². The number of ketones is 1. The third-order valence-electron chi connectivity index (χ3n) is 7.64. The molecular formula is C34H25Cl2NO5. The molecule has 2 N–H and O–H groups in total. The van der Waals surface area contributed by atoms with Gasteiger partial charge in [-0.3, -0.25) is 9.59 Å². The fourth-order valence-corrected chi connectivity index (χ4v) is 6.26. The molecule has 4 aromatic carbocycles. The van der Waals surface area contributed by atoms with Gasteiger partial charge in [0, 0.05) is 21.8 Å². The molecule has 1 amide bonds. The average Bonchev–Trinajstić information content (AvgIpc) is 2.99. The van der Waals surface area contributed by atoms with Gasteiger partial charge >= 0.3 is 5.97 Å². The summed E-state index contributed by atoms with van der Waals surface area (Å²) in [4.78, 5) is 37.8. The Bertz CT molecular complexity index is 1990. The summed E-state index contributed by atoms with van der Waals surface area (Å²) in [5.74, 6) is -1.50. The number of hydrogen-bond donors (Lipinski definition) is 2. The quantitative estimate of drug-likeness (QED) is 0.261. The topological polar surface area (TPSA) is 92.7 Å². The summed E-state index contributed by atoms with van der Waals surface area (Å²) in [5, 5.41) is 16.7. The molecule has 2 aliphatic carbocycles. The predicted molar refractivity (Wildman–Crippen MR) is 162 cm³/mol. The van der Waals surface area contributed by atoms with Crippen molar-refractivity contribution >= 4 is 58.2 Å². The van der Waals surface area contributed by atoms with Gasteiger partial charge in [0.15, 0.2) is 5.78 Å². The summed E-state index contributed by atoms with van der Waals surface area (Å²) in [6, 6.07) is 23.4. The van der Waals surface area contributed by atoms with Crippen LogP contribution in [0.25, 0.3) is 11.6 Å². The molecule has 0 heterocycles. The Morgan fingerprint density at radius 2 is 1.64 bits per heavy atom. The number of carboxylic acid groups (broad SMARTS) is 1. The zero-order valence-corrected chi connectivity index (χ0v) is 23.8. The van der Waals surface area contributed by atoms with Gasteiger partial charge in [-0.05, 0) is 99.8 Å². The van der Waals surface area contributed by atoms with Crippen molar-refractivity contribution in [2.75, 3.05) is 11.9 Å². The van der Waals surface area contributed by atoms with Crippen LogP contribution in [-0.2, 0) is 16.0 Å². The Balaban J connectivity index is 1.36. The highest BCUT2D eigenvalue weighted by Crippen LogP contribution is 2.30. The molecule has 42 heavy (non-hydrogen) atoms. The van der Waals surface area contributed by atoms with Crippen molar-refractivity contribution in [2.24, 2.45) is 0 Å². The molecule has 8 heteroatoms. The van der Waals surface area contributed by atoms with Crippen LogP contribution < -0.4 is 15.8 Å². The van der Waals surface area contributed by atoms with Crippen LogP contribution in [0.3, 0.4) is 0 Å². The van der Waals surface area contributed by atoms with E-state index in [4.69, 9.17) is 27.9 Å². The molecule has 0 fully saturated rings. The molecule has 0 bridgehead atoms. The first kappa shape index (κ1) is 27.9. The molecule has 0 aliphatic heterocycles. The van der Waals surface area contributed by atoms with E-state index in [1.807, 2.05) is 42.5 Å². The number of nitrogens with one attached hydrogen (secondary N) is 1. The zero-order chi connectivity index (χ0) is 29.4. The number of carboxylic acids is 1. The maximum atomic E-state index is 13.8. The number of ether oxygens (including phenoxy) is 1. The second-order valence-electron chi connectivity index (χ2n) is 10.2. The molecule has 0 radical (unpaired) electrons. The van der Waals surface area contributed by atoms with E-state index in [2.05, 4.69) is 5.32 Å². The SMILES string of the molecule is O=C(O)COC1C=c2ccccc2=c2ccc3c(c21)CCCC=3C(=O)c1ccc(NC(=O)c2ccc(Cl)cc2Cl)cc1. The van der Waals surface area contributed by atoms with Crippen molar-refractivity contribution in [3.05, 3.63) is 132 Å². The Morgan fingerprint density at radius 1 is 0.881 bits per heavy atom. The van der Waals surface area contributed by atoms with Crippen LogP contribution in [0.4, 0.5) is 5.69 Å². The first-order valence-electron chi connectivity index (χ1n) is 13.5. The number of carbonyl (C=O) groups excluding carboxylic acids is 2. The number of benzene rings is 4. The van der Waals surface area contributed by atoms with E-state index in [9.17, 15) is 19.5 Å². The molecule has 0 saturated heterocycles. The van der Waals surface area contributed by atoms with Crippen LogP contribution in [0, 0.1) is 10.4 Å². The third kappa shape index (κ3) is 5.37. The minimum Gasteiger partial charge on any atom is -0.480 e. The Kier molecular flexibility index (Phi) is 7.69. The molecule has 0 saturated carbocycles. The molecule has 6 rings (SSSR count). The lowest BCUT2D eigenvalue weighted by Crippen LogP contribution is -2.28. The molecule has 6 nitrogen and oxygen atoms in total. The van der Waals surface area contributed by atoms with Gasteiger partial charge in [-0.15, -0.1) is 0 Å². The Morgan fingerprint density at radius 3 is 2.40 bits per heavy atom. The van der Waals surface area contributed by atoms with Crippen LogP contribution in [-0.4, -0.2) is 29.4 Å². The third-order valence-corrected chi connectivity index (χ3v) is 8.19. The van der Waals surface area contributed by atoms with Crippen LogP contribution in [0.2, 0.25) is 10.0 Å². The first-order chi connectivity index (χ1) is 20.3. The molecule has 2 aliphatic rings. The van der Waals surface area contributed by atoms with Crippen LogP contribution in [0.1, 0.15) is 50.8 Å². The van der Waals surface area contributed by atoms with Gasteiger partial charge in [0.2, 0.25) is 0 Å². The average molecular weight is 598 g/mol. The van der Waals surface area contributed by atoms with Gasteiger partial charge in [-0.25, -0.2) is 4.79 Å². The molecule has 210 valence electrons. The number of hydrogen-bond acceptors (Lipinski definition) is 4. The standard InChI is InChI=1S/C34H25Cl2NO5/c35-21-10-13-28(29(36)17-21)34(41)37-22-11-8-19(9-12-22)33(40)27-7-3-6-25-24(27)14-15-26-23-5-2-1-4-20(23)16-30(32(25)26)42-18-31(38)39/h1-2,4-5,8-17,30H,3,6-7,18H2,(H,37,41)(H,38,39). The summed E-state index contributed by atoms with van der Waals surface area (Å²) < 4.78 is 5.87. The maximum Gasteiger partial charge on any atom is 0.329 e. The highest BCUT2D eigenvalue weighted by atomic mass is 35.5. The van der Waals surface area contributed by atoms with Crippen LogP contribution in [0.15, 0.2) is 78.9 Å². The summed E-state index contributed by atoms with van der Waals surface area (Å²) in [5.41, 5.74) is 3.99. The smallest absolute Gasteiger partial charge is 0.329 e. The second kappa shape index (κ2) is 11.6. The van der Waals surface area contributed by atoms with E-state index >= 15 is 0 Å². The minimum atomic E-state index is -1.04. The number of amides is 1. The predicted octanol–water partition coefficient (Wildman–Crippen LogP) is 5.84. The lowest BCUT2D eigenvalue weighted by atomic mass is 9.83. The van der Waals surface area contributed by atoms with Crippen molar-refractivity contribution in [2.45, 2.75) is 25.4 Å². The van der Waals surface area contributed by atoms with Crippen molar-refractivity contribution in [1.82, 2.24) is 0 Å². The van der Waals surface area contributed by atoms with Gasteiger partial charge in [-0.1, -0.05) is 59.6 Å². The summed E-state index contributed by atoms with van der Waals surface area (Å²) in [6.07, 6.45) is 3.59.